The monoisotopic (exact) mass is 258 g/mol. The zero-order valence-corrected chi connectivity index (χ0v) is 10.2. The SMILES string of the molecule is NCCCCc1nc2cc(Cl)cc(Cl)c2o1. The van der Waals surface area contributed by atoms with Crippen LogP contribution in [0.5, 0.6) is 0 Å². The molecule has 86 valence electrons. The molecule has 3 nitrogen and oxygen atoms in total. The number of hydrogen-bond donors (Lipinski definition) is 1. The minimum atomic E-state index is 0.500. The average Bonchev–Trinajstić information content (AvgIpc) is 2.61. The summed E-state index contributed by atoms with van der Waals surface area (Å²) in [4.78, 5) is 4.33. The highest BCUT2D eigenvalue weighted by Crippen LogP contribution is 2.28. The summed E-state index contributed by atoms with van der Waals surface area (Å²) in [5, 5.41) is 1.07. The third kappa shape index (κ3) is 2.48. The van der Waals surface area contributed by atoms with E-state index < -0.39 is 0 Å². The van der Waals surface area contributed by atoms with Crippen LogP contribution in [-0.2, 0) is 6.42 Å². The fourth-order valence-electron chi connectivity index (χ4n) is 1.53. The lowest BCUT2D eigenvalue weighted by atomic mass is 10.2. The molecular weight excluding hydrogens is 247 g/mol. The molecule has 0 atom stereocenters. The van der Waals surface area contributed by atoms with Crippen molar-refractivity contribution in [3.63, 3.8) is 0 Å². The van der Waals surface area contributed by atoms with Gasteiger partial charge in [-0.3, -0.25) is 0 Å². The third-order valence-electron chi connectivity index (χ3n) is 2.30. The van der Waals surface area contributed by atoms with Crippen molar-refractivity contribution in [2.24, 2.45) is 5.73 Å². The van der Waals surface area contributed by atoms with Crippen LogP contribution in [0.3, 0.4) is 0 Å². The van der Waals surface area contributed by atoms with E-state index in [1.165, 1.54) is 0 Å². The van der Waals surface area contributed by atoms with Crippen LogP contribution in [0.2, 0.25) is 10.0 Å². The number of nitrogens with zero attached hydrogens (tertiary/aromatic N) is 1. The van der Waals surface area contributed by atoms with E-state index in [0.717, 1.165) is 19.3 Å². The van der Waals surface area contributed by atoms with Crippen molar-refractivity contribution >= 4 is 34.3 Å². The molecule has 16 heavy (non-hydrogen) atoms. The first-order valence-electron chi connectivity index (χ1n) is 5.15. The van der Waals surface area contributed by atoms with Gasteiger partial charge in [-0.15, -0.1) is 0 Å². The van der Waals surface area contributed by atoms with E-state index in [0.29, 0.717) is 33.6 Å². The molecule has 2 aromatic rings. The van der Waals surface area contributed by atoms with Crippen molar-refractivity contribution in [1.82, 2.24) is 4.98 Å². The van der Waals surface area contributed by atoms with Gasteiger partial charge in [0.25, 0.3) is 0 Å². The molecule has 1 heterocycles. The van der Waals surface area contributed by atoms with E-state index >= 15 is 0 Å². The topological polar surface area (TPSA) is 52.0 Å². The van der Waals surface area contributed by atoms with Gasteiger partial charge in [-0.25, -0.2) is 4.98 Å². The van der Waals surface area contributed by atoms with Gasteiger partial charge >= 0.3 is 0 Å². The highest BCUT2D eigenvalue weighted by molar-refractivity contribution is 6.37. The van der Waals surface area contributed by atoms with Crippen LogP contribution in [0, 0.1) is 0 Å². The molecule has 2 rings (SSSR count). The Kier molecular flexibility index (Phi) is 3.69. The zero-order valence-electron chi connectivity index (χ0n) is 8.67. The maximum Gasteiger partial charge on any atom is 0.195 e. The Bertz CT molecular complexity index is 496. The van der Waals surface area contributed by atoms with E-state index in [1.54, 1.807) is 12.1 Å². The second-order valence-corrected chi connectivity index (χ2v) is 4.43. The molecule has 5 heteroatoms. The number of fused-ring (bicyclic) bond motifs is 1. The molecule has 0 aliphatic carbocycles. The number of aromatic nitrogens is 1. The number of unbranched alkanes of at least 4 members (excludes halogenated alkanes) is 1. The van der Waals surface area contributed by atoms with Crippen LogP contribution in [0.1, 0.15) is 18.7 Å². The average molecular weight is 259 g/mol. The Balaban J connectivity index is 2.26. The Hall–Kier alpha value is -0.770. The number of hydrogen-bond acceptors (Lipinski definition) is 3. The molecular formula is C11H12Cl2N2O. The molecule has 0 fully saturated rings. The standard InChI is InChI=1S/C11H12Cl2N2O/c12-7-5-8(13)11-9(6-7)15-10(16-11)3-1-2-4-14/h5-6H,1-4,14H2. The van der Waals surface area contributed by atoms with Crippen LogP contribution in [0.15, 0.2) is 16.5 Å². The maximum atomic E-state index is 6.00. The predicted octanol–water partition coefficient (Wildman–Crippen LogP) is 3.42. The van der Waals surface area contributed by atoms with Crippen molar-refractivity contribution in [3.05, 3.63) is 28.1 Å². The van der Waals surface area contributed by atoms with Crippen molar-refractivity contribution in [2.75, 3.05) is 6.54 Å². The van der Waals surface area contributed by atoms with Crippen molar-refractivity contribution in [2.45, 2.75) is 19.3 Å². The molecule has 0 saturated carbocycles. The Morgan fingerprint density at radius 2 is 2.06 bits per heavy atom. The number of nitrogens with two attached hydrogens (primary N) is 1. The smallest absolute Gasteiger partial charge is 0.195 e. The second-order valence-electron chi connectivity index (χ2n) is 3.59. The van der Waals surface area contributed by atoms with Crippen LogP contribution in [0.25, 0.3) is 11.1 Å². The van der Waals surface area contributed by atoms with Crippen molar-refractivity contribution < 1.29 is 4.42 Å². The van der Waals surface area contributed by atoms with Gasteiger partial charge in [0, 0.05) is 11.4 Å². The first-order chi connectivity index (χ1) is 7.70. The van der Waals surface area contributed by atoms with Crippen molar-refractivity contribution in [3.8, 4) is 0 Å². The highest BCUT2D eigenvalue weighted by Gasteiger charge is 2.09. The lowest BCUT2D eigenvalue weighted by Crippen LogP contribution is -1.98. The summed E-state index contributed by atoms with van der Waals surface area (Å²) in [5.74, 6) is 0.688. The van der Waals surface area contributed by atoms with Gasteiger partial charge in [0.15, 0.2) is 11.5 Å². The molecule has 0 bridgehead atoms. The Morgan fingerprint density at radius 1 is 1.25 bits per heavy atom. The van der Waals surface area contributed by atoms with Gasteiger partial charge in [0.1, 0.15) is 5.52 Å². The summed E-state index contributed by atoms with van der Waals surface area (Å²) in [7, 11) is 0. The fraction of sp³-hybridized carbons (Fsp3) is 0.364. The number of aryl methyl sites for hydroxylation is 1. The zero-order chi connectivity index (χ0) is 11.5. The van der Waals surface area contributed by atoms with Crippen molar-refractivity contribution in [1.29, 1.82) is 0 Å². The number of halogens is 2. The molecule has 0 unspecified atom stereocenters. The van der Waals surface area contributed by atoms with Crippen LogP contribution < -0.4 is 5.73 Å². The minimum absolute atomic E-state index is 0.500. The lowest BCUT2D eigenvalue weighted by Gasteiger charge is -1.93. The van der Waals surface area contributed by atoms with Gasteiger partial charge < -0.3 is 10.2 Å². The maximum absolute atomic E-state index is 6.00. The number of benzene rings is 1. The third-order valence-corrected chi connectivity index (χ3v) is 2.80. The van der Waals surface area contributed by atoms with E-state index in [-0.39, 0.29) is 0 Å². The Labute approximate surface area is 104 Å². The first-order valence-corrected chi connectivity index (χ1v) is 5.91. The molecule has 0 radical (unpaired) electrons. The Morgan fingerprint density at radius 3 is 2.81 bits per heavy atom. The molecule has 1 aromatic heterocycles. The van der Waals surface area contributed by atoms with E-state index in [1.807, 2.05) is 0 Å². The summed E-state index contributed by atoms with van der Waals surface area (Å²) in [6, 6.07) is 3.40. The molecule has 2 N–H and O–H groups in total. The number of rotatable bonds is 4. The largest absolute Gasteiger partial charge is 0.439 e. The number of oxazole rings is 1. The van der Waals surface area contributed by atoms with Gasteiger partial charge in [-0.1, -0.05) is 23.2 Å². The van der Waals surface area contributed by atoms with Gasteiger partial charge in [0.05, 0.1) is 5.02 Å². The summed E-state index contributed by atoms with van der Waals surface area (Å²) >= 11 is 11.9. The molecule has 0 saturated heterocycles. The second kappa shape index (κ2) is 5.04. The summed E-state index contributed by atoms with van der Waals surface area (Å²) in [5.41, 5.74) is 6.74. The van der Waals surface area contributed by atoms with Crippen LogP contribution >= 0.6 is 23.2 Å². The lowest BCUT2D eigenvalue weighted by molar-refractivity contribution is 0.515. The van der Waals surface area contributed by atoms with E-state index in [2.05, 4.69) is 4.98 Å². The minimum Gasteiger partial charge on any atom is -0.439 e. The van der Waals surface area contributed by atoms with Gasteiger partial charge in [0.2, 0.25) is 0 Å². The molecule has 0 amide bonds. The molecule has 0 aliphatic rings. The van der Waals surface area contributed by atoms with Crippen LogP contribution in [-0.4, -0.2) is 11.5 Å². The van der Waals surface area contributed by atoms with E-state index in [9.17, 15) is 0 Å². The van der Waals surface area contributed by atoms with Crippen LogP contribution in [0.4, 0.5) is 0 Å². The van der Waals surface area contributed by atoms with Gasteiger partial charge in [-0.2, -0.15) is 0 Å². The first kappa shape index (κ1) is 11.7. The fourth-order valence-corrected chi connectivity index (χ4v) is 2.05. The van der Waals surface area contributed by atoms with Gasteiger partial charge in [-0.05, 0) is 31.5 Å². The molecule has 0 aliphatic heterocycles. The summed E-state index contributed by atoms with van der Waals surface area (Å²) in [6.07, 6.45) is 2.71. The normalized spacial score (nSPS) is 11.2. The molecule has 0 spiro atoms. The van der Waals surface area contributed by atoms with E-state index in [4.69, 9.17) is 33.4 Å². The molecule has 1 aromatic carbocycles. The summed E-state index contributed by atoms with van der Waals surface area (Å²) in [6.45, 7) is 0.687. The predicted molar refractivity (Wildman–Crippen MR) is 66.0 cm³/mol. The highest BCUT2D eigenvalue weighted by atomic mass is 35.5. The quantitative estimate of drug-likeness (QED) is 0.856. The summed E-state index contributed by atoms with van der Waals surface area (Å²) < 4.78 is 5.56.